The molecule has 2 amide bonds. The number of carbonyl (C=O) groups is 3. The lowest BCUT2D eigenvalue weighted by Crippen LogP contribution is -2.46. The molecule has 0 saturated carbocycles. The Hall–Kier alpha value is -3.35. The van der Waals surface area contributed by atoms with Crippen LogP contribution in [-0.4, -0.2) is 53.2 Å². The zero-order valence-electron chi connectivity index (χ0n) is 19.0. The van der Waals surface area contributed by atoms with Gasteiger partial charge in [-0.3, -0.25) is 4.79 Å². The van der Waals surface area contributed by atoms with Crippen LogP contribution in [0.15, 0.2) is 48.5 Å². The summed E-state index contributed by atoms with van der Waals surface area (Å²) in [5, 5.41) is 12.2. The maximum Gasteiger partial charge on any atom is 0.407 e. The molecule has 1 aliphatic carbocycles. The van der Waals surface area contributed by atoms with Crippen LogP contribution in [-0.2, 0) is 14.3 Å². The van der Waals surface area contributed by atoms with Crippen LogP contribution in [0.25, 0.3) is 11.1 Å². The van der Waals surface area contributed by atoms with Crippen molar-refractivity contribution in [2.75, 3.05) is 13.2 Å². The van der Waals surface area contributed by atoms with Gasteiger partial charge in [-0.1, -0.05) is 62.4 Å². The van der Waals surface area contributed by atoms with Crippen LogP contribution in [0.2, 0.25) is 0 Å². The molecule has 2 atom stereocenters. The summed E-state index contributed by atoms with van der Waals surface area (Å²) in [5.74, 6) is -1.28. The van der Waals surface area contributed by atoms with Crippen LogP contribution < -0.4 is 5.32 Å². The van der Waals surface area contributed by atoms with Crippen LogP contribution in [0, 0.1) is 5.92 Å². The topological polar surface area (TPSA) is 95.9 Å². The minimum absolute atomic E-state index is 0.0136. The van der Waals surface area contributed by atoms with Gasteiger partial charge < -0.3 is 20.1 Å². The Bertz CT molecular complexity index is 1000. The van der Waals surface area contributed by atoms with Crippen LogP contribution in [0.4, 0.5) is 4.79 Å². The van der Waals surface area contributed by atoms with Gasteiger partial charge in [-0.05, 0) is 41.0 Å². The Balaban J connectivity index is 1.38. The number of carboxylic acid groups (broad SMARTS) is 1. The first kappa shape index (κ1) is 22.8. The van der Waals surface area contributed by atoms with Gasteiger partial charge in [-0.25, -0.2) is 9.59 Å². The number of nitrogens with one attached hydrogen (secondary N) is 1. The number of hydrogen-bond acceptors (Lipinski definition) is 4. The Labute approximate surface area is 193 Å². The lowest BCUT2D eigenvalue weighted by atomic mass is 9.98. The van der Waals surface area contributed by atoms with Crippen molar-refractivity contribution in [1.82, 2.24) is 10.2 Å². The normalized spacial score (nSPS) is 18.0. The van der Waals surface area contributed by atoms with E-state index in [0.717, 1.165) is 22.3 Å². The van der Waals surface area contributed by atoms with E-state index >= 15 is 0 Å². The molecule has 0 spiro atoms. The molecular formula is C26H30N2O5. The van der Waals surface area contributed by atoms with E-state index in [-0.39, 0.29) is 30.8 Å². The fraction of sp³-hybridized carbons (Fsp3) is 0.423. The van der Waals surface area contributed by atoms with E-state index in [1.807, 2.05) is 38.1 Å². The molecule has 7 heteroatoms. The van der Waals surface area contributed by atoms with E-state index in [1.165, 1.54) is 4.90 Å². The highest BCUT2D eigenvalue weighted by atomic mass is 16.5. The number of hydrogen-bond donors (Lipinski definition) is 2. The molecule has 4 rings (SSSR count). The lowest BCUT2D eigenvalue weighted by Gasteiger charge is -2.27. The average Bonchev–Trinajstić information content (AvgIpc) is 3.41. The molecule has 1 fully saturated rings. The van der Waals surface area contributed by atoms with E-state index in [4.69, 9.17) is 4.74 Å². The predicted molar refractivity (Wildman–Crippen MR) is 124 cm³/mol. The quantitative estimate of drug-likeness (QED) is 0.664. The average molecular weight is 451 g/mol. The molecule has 2 aromatic carbocycles. The van der Waals surface area contributed by atoms with Gasteiger partial charge in [-0.15, -0.1) is 0 Å². The number of fused-ring (bicyclic) bond motifs is 3. The van der Waals surface area contributed by atoms with Gasteiger partial charge in [0.05, 0.1) is 0 Å². The number of ether oxygens (including phenoxy) is 1. The molecular weight excluding hydrogens is 420 g/mol. The van der Waals surface area contributed by atoms with Crippen molar-refractivity contribution in [2.24, 2.45) is 5.92 Å². The molecule has 33 heavy (non-hydrogen) atoms. The number of carboxylic acids is 1. The van der Waals surface area contributed by atoms with Crippen molar-refractivity contribution in [2.45, 2.75) is 51.1 Å². The number of benzene rings is 2. The van der Waals surface area contributed by atoms with E-state index in [0.29, 0.717) is 19.4 Å². The van der Waals surface area contributed by atoms with E-state index < -0.39 is 24.1 Å². The SMILES string of the molecule is CC(C)C(CC(=O)N1CCC[C@@H]1C(=O)O)NC(=O)OCC1c2ccccc2-c2ccccc21. The second kappa shape index (κ2) is 9.65. The maximum absolute atomic E-state index is 12.8. The molecule has 1 saturated heterocycles. The Kier molecular flexibility index (Phi) is 6.67. The number of nitrogens with zero attached hydrogens (tertiary/aromatic N) is 1. The first-order valence-electron chi connectivity index (χ1n) is 11.5. The number of carbonyl (C=O) groups excluding carboxylic acids is 2. The first-order chi connectivity index (χ1) is 15.9. The molecule has 0 aromatic heterocycles. The standard InChI is InChI=1S/C26H30N2O5/c1-16(2)22(14-24(29)28-13-7-12-23(28)25(30)31)27-26(32)33-15-21-19-10-5-3-8-17(19)18-9-4-6-11-20(18)21/h3-6,8-11,16,21-23H,7,12-15H2,1-2H3,(H,27,32)(H,30,31)/t22?,23-/m1/s1. The molecule has 7 nitrogen and oxygen atoms in total. The first-order valence-corrected chi connectivity index (χ1v) is 11.5. The summed E-state index contributed by atoms with van der Waals surface area (Å²) in [4.78, 5) is 38.3. The molecule has 2 N–H and O–H groups in total. The number of rotatable bonds is 7. The highest BCUT2D eigenvalue weighted by molar-refractivity contribution is 5.85. The van der Waals surface area contributed by atoms with Crippen LogP contribution in [0.3, 0.4) is 0 Å². The highest BCUT2D eigenvalue weighted by Crippen LogP contribution is 2.44. The monoisotopic (exact) mass is 450 g/mol. The van der Waals surface area contributed by atoms with Crippen LogP contribution in [0.5, 0.6) is 0 Å². The number of likely N-dealkylation sites (tertiary alicyclic amines) is 1. The minimum Gasteiger partial charge on any atom is -0.480 e. The maximum atomic E-state index is 12.8. The summed E-state index contributed by atoms with van der Waals surface area (Å²) < 4.78 is 5.62. The summed E-state index contributed by atoms with van der Waals surface area (Å²) in [6.07, 6.45) is 0.618. The molecule has 0 bridgehead atoms. The highest BCUT2D eigenvalue weighted by Gasteiger charge is 2.35. The third-order valence-corrected chi connectivity index (χ3v) is 6.70. The van der Waals surface area contributed by atoms with Gasteiger partial charge >= 0.3 is 12.1 Å². The third-order valence-electron chi connectivity index (χ3n) is 6.70. The number of amides is 2. The summed E-state index contributed by atoms with van der Waals surface area (Å²) in [6, 6.07) is 15.0. The molecule has 174 valence electrons. The second-order valence-corrected chi connectivity index (χ2v) is 9.11. The zero-order valence-corrected chi connectivity index (χ0v) is 19.0. The smallest absolute Gasteiger partial charge is 0.407 e. The largest absolute Gasteiger partial charge is 0.480 e. The molecule has 2 aromatic rings. The van der Waals surface area contributed by atoms with Gasteiger partial charge in [-0.2, -0.15) is 0 Å². The fourth-order valence-electron chi connectivity index (χ4n) is 4.87. The van der Waals surface area contributed by atoms with Gasteiger partial charge in [0.1, 0.15) is 12.6 Å². The summed E-state index contributed by atoms with van der Waals surface area (Å²) >= 11 is 0. The zero-order chi connectivity index (χ0) is 23.5. The van der Waals surface area contributed by atoms with E-state index in [1.54, 1.807) is 0 Å². The molecule has 1 heterocycles. The number of aliphatic carboxylic acids is 1. The number of alkyl carbamates (subject to hydrolysis) is 1. The van der Waals surface area contributed by atoms with Crippen molar-refractivity contribution in [3.8, 4) is 11.1 Å². The fourth-order valence-corrected chi connectivity index (χ4v) is 4.87. The van der Waals surface area contributed by atoms with Crippen LogP contribution in [0.1, 0.15) is 50.2 Å². The van der Waals surface area contributed by atoms with E-state index in [2.05, 4.69) is 29.6 Å². The third kappa shape index (κ3) is 4.72. The van der Waals surface area contributed by atoms with Crippen molar-refractivity contribution >= 4 is 18.0 Å². The van der Waals surface area contributed by atoms with Crippen LogP contribution >= 0.6 is 0 Å². The van der Waals surface area contributed by atoms with Gasteiger partial charge in [0, 0.05) is 24.9 Å². The molecule has 0 radical (unpaired) electrons. The molecule has 2 aliphatic rings. The Morgan fingerprint density at radius 3 is 2.24 bits per heavy atom. The summed E-state index contributed by atoms with van der Waals surface area (Å²) in [7, 11) is 0. The second-order valence-electron chi connectivity index (χ2n) is 9.11. The molecule has 1 unspecified atom stereocenters. The van der Waals surface area contributed by atoms with E-state index in [9.17, 15) is 19.5 Å². The molecule has 1 aliphatic heterocycles. The van der Waals surface area contributed by atoms with Gasteiger partial charge in [0.15, 0.2) is 0 Å². The van der Waals surface area contributed by atoms with Crippen molar-refractivity contribution in [3.05, 3.63) is 59.7 Å². The lowest BCUT2D eigenvalue weighted by molar-refractivity contribution is -0.148. The Morgan fingerprint density at radius 1 is 1.06 bits per heavy atom. The summed E-state index contributed by atoms with van der Waals surface area (Å²) in [5.41, 5.74) is 4.59. The van der Waals surface area contributed by atoms with Crippen molar-refractivity contribution in [3.63, 3.8) is 0 Å². The van der Waals surface area contributed by atoms with Crippen molar-refractivity contribution < 1.29 is 24.2 Å². The van der Waals surface area contributed by atoms with Gasteiger partial charge in [0.2, 0.25) is 5.91 Å². The summed E-state index contributed by atoms with van der Waals surface area (Å²) in [6.45, 7) is 4.47. The van der Waals surface area contributed by atoms with Crippen molar-refractivity contribution in [1.29, 1.82) is 0 Å². The predicted octanol–water partition coefficient (Wildman–Crippen LogP) is 4.02. The Morgan fingerprint density at radius 2 is 1.67 bits per heavy atom. The minimum atomic E-state index is -0.980. The van der Waals surface area contributed by atoms with Gasteiger partial charge in [0.25, 0.3) is 0 Å².